The van der Waals surface area contributed by atoms with Crippen LogP contribution in [-0.2, 0) is 0 Å². The summed E-state index contributed by atoms with van der Waals surface area (Å²) in [6.45, 7) is 0. The number of nitrogen functional groups attached to an aromatic ring is 1. The van der Waals surface area contributed by atoms with Crippen LogP contribution in [0.5, 0.6) is 11.5 Å². The molecule has 110 valence electrons. The van der Waals surface area contributed by atoms with Gasteiger partial charge in [0, 0.05) is 29.6 Å². The number of aromatic nitrogens is 3. The van der Waals surface area contributed by atoms with Gasteiger partial charge in [-0.25, -0.2) is 19.3 Å². The first kappa shape index (κ1) is 14.3. The lowest BCUT2D eigenvalue weighted by molar-refractivity contribution is 0.479. The Morgan fingerprint density at radius 1 is 1.05 bits per heavy atom. The Hall–Kier alpha value is -2.67. The molecule has 0 aliphatic heterocycles. The van der Waals surface area contributed by atoms with E-state index in [2.05, 4.69) is 15.0 Å². The topological polar surface area (TPSA) is 73.9 Å². The molecular weight excluding hydrogens is 303 g/mol. The Morgan fingerprint density at radius 2 is 1.77 bits per heavy atom. The molecule has 0 saturated heterocycles. The Balaban J connectivity index is 1.82. The van der Waals surface area contributed by atoms with Crippen molar-refractivity contribution >= 4 is 17.6 Å². The highest BCUT2D eigenvalue weighted by molar-refractivity contribution is 7.99. The van der Waals surface area contributed by atoms with Crippen LogP contribution in [0.3, 0.4) is 0 Å². The predicted octanol–water partition coefficient (Wildman–Crippen LogP) is 3.54. The van der Waals surface area contributed by atoms with Crippen molar-refractivity contribution in [3.63, 3.8) is 0 Å². The highest BCUT2D eigenvalue weighted by atomic mass is 32.2. The molecule has 0 unspecified atom stereocenters. The average molecular weight is 314 g/mol. The van der Waals surface area contributed by atoms with E-state index in [4.69, 9.17) is 10.5 Å². The van der Waals surface area contributed by atoms with Gasteiger partial charge in [-0.15, -0.1) is 0 Å². The number of nitrogens with two attached hydrogens (primary N) is 1. The first-order valence-corrected chi connectivity index (χ1v) is 7.16. The molecule has 2 heterocycles. The van der Waals surface area contributed by atoms with E-state index in [-0.39, 0.29) is 11.6 Å². The quantitative estimate of drug-likeness (QED) is 0.743. The molecule has 0 aliphatic rings. The van der Waals surface area contributed by atoms with Crippen LogP contribution in [-0.4, -0.2) is 15.0 Å². The Labute approximate surface area is 130 Å². The number of rotatable bonds is 4. The number of nitrogens with zero attached hydrogens (tertiary/aromatic N) is 3. The second kappa shape index (κ2) is 6.40. The standard InChI is InChI=1S/C15H11FN4OS/c16-10-2-4-11(5-3-10)21-13-8-12(9-20-14(13)17)22-15-18-6-1-7-19-15/h1-9H,(H2,17,20). The van der Waals surface area contributed by atoms with E-state index in [0.29, 0.717) is 16.7 Å². The Kier molecular flexibility index (Phi) is 4.15. The molecule has 0 amide bonds. The van der Waals surface area contributed by atoms with Gasteiger partial charge in [0.05, 0.1) is 0 Å². The van der Waals surface area contributed by atoms with Crippen LogP contribution in [0.2, 0.25) is 0 Å². The van der Waals surface area contributed by atoms with Crippen molar-refractivity contribution < 1.29 is 9.13 Å². The van der Waals surface area contributed by atoms with Crippen molar-refractivity contribution in [1.82, 2.24) is 15.0 Å². The molecule has 7 heteroatoms. The number of benzene rings is 1. The second-order valence-electron chi connectivity index (χ2n) is 4.24. The van der Waals surface area contributed by atoms with Gasteiger partial charge in [-0.1, -0.05) is 0 Å². The van der Waals surface area contributed by atoms with Crippen LogP contribution < -0.4 is 10.5 Å². The summed E-state index contributed by atoms with van der Waals surface area (Å²) in [6, 6.07) is 9.16. The highest BCUT2D eigenvalue weighted by Gasteiger charge is 2.08. The molecule has 0 aliphatic carbocycles. The molecule has 1 aromatic carbocycles. The van der Waals surface area contributed by atoms with Crippen LogP contribution in [0.4, 0.5) is 10.2 Å². The van der Waals surface area contributed by atoms with Crippen molar-refractivity contribution in [1.29, 1.82) is 0 Å². The van der Waals surface area contributed by atoms with E-state index < -0.39 is 0 Å². The number of halogens is 1. The molecule has 0 spiro atoms. The van der Waals surface area contributed by atoms with Crippen molar-refractivity contribution in [2.75, 3.05) is 5.73 Å². The number of anilines is 1. The average Bonchev–Trinajstić information content (AvgIpc) is 2.54. The van der Waals surface area contributed by atoms with Crippen LogP contribution >= 0.6 is 11.8 Å². The molecule has 3 aromatic rings. The van der Waals surface area contributed by atoms with E-state index in [9.17, 15) is 4.39 Å². The van der Waals surface area contributed by atoms with E-state index in [0.717, 1.165) is 4.90 Å². The molecule has 0 bridgehead atoms. The molecular formula is C15H11FN4OS. The number of hydrogen-bond donors (Lipinski definition) is 1. The zero-order chi connectivity index (χ0) is 15.4. The van der Waals surface area contributed by atoms with Crippen LogP contribution in [0.1, 0.15) is 0 Å². The Bertz CT molecular complexity index is 768. The summed E-state index contributed by atoms with van der Waals surface area (Å²) < 4.78 is 18.5. The van der Waals surface area contributed by atoms with Gasteiger partial charge in [-0.05, 0) is 42.1 Å². The SMILES string of the molecule is Nc1ncc(Sc2ncccn2)cc1Oc1ccc(F)cc1. The predicted molar refractivity (Wildman–Crippen MR) is 81.3 cm³/mol. The normalized spacial score (nSPS) is 10.4. The summed E-state index contributed by atoms with van der Waals surface area (Å²) >= 11 is 1.34. The highest BCUT2D eigenvalue weighted by Crippen LogP contribution is 2.32. The van der Waals surface area contributed by atoms with Gasteiger partial charge >= 0.3 is 0 Å². The van der Waals surface area contributed by atoms with Gasteiger partial charge in [0.2, 0.25) is 0 Å². The first-order chi connectivity index (χ1) is 10.7. The van der Waals surface area contributed by atoms with Gasteiger partial charge in [-0.2, -0.15) is 0 Å². The zero-order valence-electron chi connectivity index (χ0n) is 11.3. The molecule has 5 nitrogen and oxygen atoms in total. The van der Waals surface area contributed by atoms with Gasteiger partial charge < -0.3 is 10.5 Å². The van der Waals surface area contributed by atoms with Gasteiger partial charge in [0.1, 0.15) is 11.6 Å². The van der Waals surface area contributed by atoms with Gasteiger partial charge in [0.15, 0.2) is 16.7 Å². The van der Waals surface area contributed by atoms with Crippen LogP contribution in [0.25, 0.3) is 0 Å². The van der Waals surface area contributed by atoms with Crippen LogP contribution in [0, 0.1) is 5.82 Å². The monoisotopic (exact) mass is 314 g/mol. The third-order valence-electron chi connectivity index (χ3n) is 2.65. The van der Waals surface area contributed by atoms with E-state index in [1.807, 2.05) is 0 Å². The summed E-state index contributed by atoms with van der Waals surface area (Å²) in [5.74, 6) is 0.798. The lowest BCUT2D eigenvalue weighted by Crippen LogP contribution is -1.96. The minimum Gasteiger partial charge on any atom is -0.453 e. The van der Waals surface area contributed by atoms with Crippen molar-refractivity contribution in [3.8, 4) is 11.5 Å². The third-order valence-corrected chi connectivity index (χ3v) is 3.50. The van der Waals surface area contributed by atoms with E-state index in [1.165, 1.54) is 36.0 Å². The minimum absolute atomic E-state index is 0.252. The molecule has 3 rings (SSSR count). The largest absolute Gasteiger partial charge is 0.453 e. The second-order valence-corrected chi connectivity index (χ2v) is 5.28. The fraction of sp³-hybridized carbons (Fsp3) is 0. The maximum Gasteiger partial charge on any atom is 0.192 e. The Morgan fingerprint density at radius 3 is 2.50 bits per heavy atom. The molecule has 0 atom stereocenters. The fourth-order valence-electron chi connectivity index (χ4n) is 1.65. The van der Waals surface area contributed by atoms with E-state index in [1.54, 1.807) is 30.7 Å². The molecule has 2 aromatic heterocycles. The van der Waals surface area contributed by atoms with Gasteiger partial charge in [-0.3, -0.25) is 0 Å². The number of pyridine rings is 1. The summed E-state index contributed by atoms with van der Waals surface area (Å²) in [7, 11) is 0. The summed E-state index contributed by atoms with van der Waals surface area (Å²) in [6.07, 6.45) is 4.94. The summed E-state index contributed by atoms with van der Waals surface area (Å²) in [5.41, 5.74) is 5.81. The molecule has 0 saturated carbocycles. The fourth-order valence-corrected chi connectivity index (χ4v) is 2.36. The molecule has 2 N–H and O–H groups in total. The first-order valence-electron chi connectivity index (χ1n) is 6.34. The maximum atomic E-state index is 12.9. The number of ether oxygens (including phenoxy) is 1. The van der Waals surface area contributed by atoms with Gasteiger partial charge in [0.25, 0.3) is 0 Å². The minimum atomic E-state index is -0.330. The zero-order valence-corrected chi connectivity index (χ0v) is 12.1. The smallest absolute Gasteiger partial charge is 0.192 e. The third kappa shape index (κ3) is 3.50. The lowest BCUT2D eigenvalue weighted by Gasteiger charge is -2.09. The lowest BCUT2D eigenvalue weighted by atomic mass is 10.3. The van der Waals surface area contributed by atoms with Crippen molar-refractivity contribution in [2.45, 2.75) is 10.1 Å². The molecule has 0 fully saturated rings. The number of hydrogen-bond acceptors (Lipinski definition) is 6. The summed E-state index contributed by atoms with van der Waals surface area (Å²) in [5, 5.41) is 0.599. The molecule has 0 radical (unpaired) electrons. The molecule has 22 heavy (non-hydrogen) atoms. The van der Waals surface area contributed by atoms with E-state index >= 15 is 0 Å². The van der Waals surface area contributed by atoms with Crippen molar-refractivity contribution in [3.05, 3.63) is 60.8 Å². The van der Waals surface area contributed by atoms with Crippen molar-refractivity contribution in [2.24, 2.45) is 0 Å². The van der Waals surface area contributed by atoms with Crippen LogP contribution in [0.15, 0.2) is 65.0 Å². The summed E-state index contributed by atoms with van der Waals surface area (Å²) in [4.78, 5) is 13.1. The maximum absolute atomic E-state index is 12.9.